The van der Waals surface area contributed by atoms with E-state index in [1.54, 1.807) is 31.4 Å². The Balaban J connectivity index is 1.82. The fraction of sp³-hybridized carbons (Fsp3) is 0.391. The zero-order valence-electron chi connectivity index (χ0n) is 17.9. The highest BCUT2D eigenvalue weighted by Crippen LogP contribution is 2.43. The molecule has 0 radical (unpaired) electrons. The SMILES string of the molecule is CCN1c2cc(F)c(/C=N/NC(=O)c3ccc(I)c(OC)c3)cc2C(C)CC1(C)C. The zero-order valence-corrected chi connectivity index (χ0v) is 20.1. The van der Waals surface area contributed by atoms with Crippen molar-refractivity contribution in [1.29, 1.82) is 0 Å². The summed E-state index contributed by atoms with van der Waals surface area (Å²) in [4.78, 5) is 14.6. The van der Waals surface area contributed by atoms with Crippen molar-refractivity contribution in [3.63, 3.8) is 0 Å². The fourth-order valence-electron chi connectivity index (χ4n) is 4.24. The van der Waals surface area contributed by atoms with Crippen LogP contribution in [0, 0.1) is 9.39 Å². The van der Waals surface area contributed by atoms with Gasteiger partial charge in [0.1, 0.15) is 11.6 Å². The van der Waals surface area contributed by atoms with Crippen LogP contribution in [-0.2, 0) is 0 Å². The minimum absolute atomic E-state index is 0.0221. The first-order valence-electron chi connectivity index (χ1n) is 9.96. The first-order valence-corrected chi connectivity index (χ1v) is 11.0. The maximum atomic E-state index is 14.8. The van der Waals surface area contributed by atoms with Gasteiger partial charge in [0.05, 0.1) is 16.9 Å². The number of carbonyl (C=O) groups is 1. The Morgan fingerprint density at radius 2 is 2.13 bits per heavy atom. The Morgan fingerprint density at radius 1 is 1.40 bits per heavy atom. The van der Waals surface area contributed by atoms with Crippen LogP contribution >= 0.6 is 22.6 Å². The van der Waals surface area contributed by atoms with E-state index >= 15 is 0 Å². The average molecular weight is 523 g/mol. The highest BCUT2D eigenvalue weighted by atomic mass is 127. The second-order valence-corrected chi connectivity index (χ2v) is 9.31. The maximum Gasteiger partial charge on any atom is 0.271 e. The molecule has 1 amide bonds. The first kappa shape index (κ1) is 22.5. The lowest BCUT2D eigenvalue weighted by Gasteiger charge is -2.47. The average Bonchev–Trinajstić information content (AvgIpc) is 2.68. The number of benzene rings is 2. The number of rotatable bonds is 5. The van der Waals surface area contributed by atoms with Gasteiger partial charge in [-0.25, -0.2) is 9.82 Å². The summed E-state index contributed by atoms with van der Waals surface area (Å²) in [5.41, 5.74) is 5.26. The molecule has 0 bridgehead atoms. The molecule has 1 aliphatic heterocycles. The molecule has 0 aliphatic carbocycles. The predicted molar refractivity (Wildman–Crippen MR) is 127 cm³/mol. The second kappa shape index (κ2) is 8.91. The molecule has 0 fully saturated rings. The van der Waals surface area contributed by atoms with Crippen LogP contribution in [0.3, 0.4) is 0 Å². The Hall–Kier alpha value is -2.16. The van der Waals surface area contributed by atoms with Crippen molar-refractivity contribution in [2.45, 2.75) is 45.6 Å². The van der Waals surface area contributed by atoms with Crippen molar-refractivity contribution >= 4 is 40.4 Å². The van der Waals surface area contributed by atoms with Gasteiger partial charge in [0.15, 0.2) is 0 Å². The number of hydrogen-bond acceptors (Lipinski definition) is 4. The summed E-state index contributed by atoms with van der Waals surface area (Å²) in [6, 6.07) is 8.57. The van der Waals surface area contributed by atoms with Crippen molar-refractivity contribution in [1.82, 2.24) is 5.43 Å². The Bertz CT molecular complexity index is 991. The summed E-state index contributed by atoms with van der Waals surface area (Å²) in [5.74, 6) is 0.183. The third kappa shape index (κ3) is 4.45. The van der Waals surface area contributed by atoms with E-state index in [0.717, 1.165) is 27.8 Å². The standard InChI is InChI=1S/C23H27FIN3O2/c1-6-28-20-11-18(24)16(9-17(20)14(2)12-23(28,3)4)13-26-27-22(29)15-7-8-19(25)21(10-15)30-5/h7-11,13-14H,6,12H2,1-5H3,(H,27,29)/b26-13+. The lowest BCUT2D eigenvalue weighted by atomic mass is 9.79. The predicted octanol–water partition coefficient (Wildman–Crippen LogP) is 5.31. The van der Waals surface area contributed by atoms with Gasteiger partial charge in [-0.05, 0) is 91.6 Å². The highest BCUT2D eigenvalue weighted by Gasteiger charge is 2.36. The molecule has 3 rings (SSSR count). The molecule has 1 aliphatic rings. The van der Waals surface area contributed by atoms with Crippen LogP contribution in [0.1, 0.15) is 61.5 Å². The third-order valence-electron chi connectivity index (χ3n) is 5.60. The van der Waals surface area contributed by atoms with Crippen LogP contribution in [0.2, 0.25) is 0 Å². The van der Waals surface area contributed by atoms with Gasteiger partial charge in [-0.1, -0.05) is 6.92 Å². The summed E-state index contributed by atoms with van der Waals surface area (Å²) < 4.78 is 21.0. The number of amides is 1. The molecule has 1 unspecified atom stereocenters. The molecule has 1 atom stereocenters. The van der Waals surface area contributed by atoms with E-state index in [1.807, 2.05) is 6.07 Å². The van der Waals surface area contributed by atoms with Gasteiger partial charge in [-0.2, -0.15) is 5.10 Å². The minimum Gasteiger partial charge on any atom is -0.496 e. The van der Waals surface area contributed by atoms with Crippen molar-refractivity contribution in [2.75, 3.05) is 18.6 Å². The zero-order chi connectivity index (χ0) is 22.1. The second-order valence-electron chi connectivity index (χ2n) is 8.14. The number of anilines is 1. The molecular formula is C23H27FIN3O2. The van der Waals surface area contributed by atoms with Crippen LogP contribution in [-0.4, -0.2) is 31.3 Å². The molecule has 0 saturated heterocycles. The number of hydrazone groups is 1. The van der Waals surface area contributed by atoms with Gasteiger partial charge in [0.2, 0.25) is 0 Å². The Kier molecular flexibility index (Phi) is 6.69. The van der Waals surface area contributed by atoms with Crippen LogP contribution in [0.15, 0.2) is 35.4 Å². The molecule has 160 valence electrons. The molecule has 7 heteroatoms. The fourth-order valence-corrected chi connectivity index (χ4v) is 4.80. The summed E-state index contributed by atoms with van der Waals surface area (Å²) in [5, 5.41) is 3.98. The summed E-state index contributed by atoms with van der Waals surface area (Å²) in [6.45, 7) is 9.45. The molecule has 2 aromatic carbocycles. The normalized spacial score (nSPS) is 17.7. The van der Waals surface area contributed by atoms with Gasteiger partial charge in [-0.15, -0.1) is 0 Å². The van der Waals surface area contributed by atoms with Crippen molar-refractivity contribution < 1.29 is 13.9 Å². The molecule has 2 aromatic rings. The van der Waals surface area contributed by atoms with Gasteiger partial charge in [0, 0.05) is 28.9 Å². The van der Waals surface area contributed by atoms with Crippen molar-refractivity contribution in [3.8, 4) is 5.75 Å². The Labute approximate surface area is 190 Å². The number of methoxy groups -OCH3 is 1. The largest absolute Gasteiger partial charge is 0.496 e. The summed E-state index contributed by atoms with van der Waals surface area (Å²) in [7, 11) is 1.55. The molecule has 0 spiro atoms. The molecule has 1 N–H and O–H groups in total. The van der Waals surface area contributed by atoms with E-state index in [-0.39, 0.29) is 17.3 Å². The van der Waals surface area contributed by atoms with Crippen LogP contribution < -0.4 is 15.1 Å². The van der Waals surface area contributed by atoms with Crippen LogP contribution in [0.5, 0.6) is 5.75 Å². The van der Waals surface area contributed by atoms with E-state index in [1.165, 1.54) is 6.21 Å². The summed E-state index contributed by atoms with van der Waals surface area (Å²) >= 11 is 2.13. The minimum atomic E-state index is -0.383. The number of carbonyl (C=O) groups excluding carboxylic acids is 1. The molecule has 5 nitrogen and oxygen atoms in total. The maximum absolute atomic E-state index is 14.8. The molecule has 30 heavy (non-hydrogen) atoms. The van der Waals surface area contributed by atoms with E-state index < -0.39 is 0 Å². The molecule has 0 saturated carbocycles. The molecule has 1 heterocycles. The quantitative estimate of drug-likeness (QED) is 0.328. The number of nitrogens with zero attached hydrogens (tertiary/aromatic N) is 2. The van der Waals surface area contributed by atoms with Crippen molar-refractivity contribution in [2.24, 2.45) is 5.10 Å². The molecule has 0 aromatic heterocycles. The topological polar surface area (TPSA) is 53.9 Å². The Morgan fingerprint density at radius 3 is 2.80 bits per heavy atom. The summed E-state index contributed by atoms with van der Waals surface area (Å²) in [6.07, 6.45) is 2.35. The number of hydrogen-bond donors (Lipinski definition) is 1. The lowest BCUT2D eigenvalue weighted by Crippen LogP contribution is -2.48. The number of halogens is 2. The lowest BCUT2D eigenvalue weighted by molar-refractivity contribution is 0.0954. The van der Waals surface area contributed by atoms with E-state index in [9.17, 15) is 9.18 Å². The third-order valence-corrected chi connectivity index (χ3v) is 6.49. The smallest absolute Gasteiger partial charge is 0.271 e. The van der Waals surface area contributed by atoms with Gasteiger partial charge >= 0.3 is 0 Å². The van der Waals surface area contributed by atoms with E-state index in [4.69, 9.17) is 4.74 Å². The number of fused-ring (bicyclic) bond motifs is 1. The van der Waals surface area contributed by atoms with Crippen LogP contribution in [0.4, 0.5) is 10.1 Å². The van der Waals surface area contributed by atoms with Gasteiger partial charge in [-0.3, -0.25) is 4.79 Å². The van der Waals surface area contributed by atoms with Gasteiger partial charge < -0.3 is 9.64 Å². The number of ether oxygens (including phenoxy) is 1. The van der Waals surface area contributed by atoms with E-state index in [0.29, 0.717) is 22.8 Å². The first-order chi connectivity index (χ1) is 14.2. The van der Waals surface area contributed by atoms with Gasteiger partial charge in [0.25, 0.3) is 5.91 Å². The number of nitrogens with one attached hydrogen (secondary N) is 1. The van der Waals surface area contributed by atoms with E-state index in [2.05, 4.69) is 65.7 Å². The molecular weight excluding hydrogens is 496 g/mol. The van der Waals surface area contributed by atoms with Crippen molar-refractivity contribution in [3.05, 3.63) is 56.4 Å². The van der Waals surface area contributed by atoms with Crippen LogP contribution in [0.25, 0.3) is 0 Å². The highest BCUT2D eigenvalue weighted by molar-refractivity contribution is 14.1. The monoisotopic (exact) mass is 523 g/mol.